The van der Waals surface area contributed by atoms with Crippen LogP contribution >= 0.6 is 15.9 Å². The SMILES string of the molecule is Cn1cc(CC(=O)N2CC(Oc3ncccc3Br)C2)c2ccccc21. The van der Waals surface area contributed by atoms with E-state index in [0.717, 1.165) is 20.9 Å². The summed E-state index contributed by atoms with van der Waals surface area (Å²) < 4.78 is 8.73. The first-order valence-corrected chi connectivity index (χ1v) is 8.99. The van der Waals surface area contributed by atoms with Gasteiger partial charge < -0.3 is 14.2 Å². The third kappa shape index (κ3) is 3.14. The number of pyridine rings is 1. The number of ether oxygens (including phenoxy) is 1. The van der Waals surface area contributed by atoms with Gasteiger partial charge >= 0.3 is 0 Å². The van der Waals surface area contributed by atoms with Crippen LogP contribution in [0, 0.1) is 0 Å². The summed E-state index contributed by atoms with van der Waals surface area (Å²) in [6.07, 6.45) is 4.16. The van der Waals surface area contributed by atoms with E-state index in [0.29, 0.717) is 25.4 Å². The number of hydrogen-bond donors (Lipinski definition) is 0. The van der Waals surface area contributed by atoms with E-state index in [2.05, 4.69) is 37.6 Å². The zero-order valence-electron chi connectivity index (χ0n) is 13.9. The monoisotopic (exact) mass is 399 g/mol. The van der Waals surface area contributed by atoms with Gasteiger partial charge in [0.05, 0.1) is 24.0 Å². The Morgan fingerprint density at radius 2 is 2.08 bits per heavy atom. The van der Waals surface area contributed by atoms with Crippen LogP contribution in [0.3, 0.4) is 0 Å². The van der Waals surface area contributed by atoms with Gasteiger partial charge in [-0.15, -0.1) is 0 Å². The second-order valence-corrected chi connectivity index (χ2v) is 7.14. The average molecular weight is 400 g/mol. The highest BCUT2D eigenvalue weighted by Gasteiger charge is 2.33. The number of para-hydroxylation sites is 1. The summed E-state index contributed by atoms with van der Waals surface area (Å²) in [5.74, 6) is 0.713. The average Bonchev–Trinajstić information content (AvgIpc) is 2.88. The molecule has 1 fully saturated rings. The normalized spacial score (nSPS) is 14.6. The molecule has 0 saturated carbocycles. The predicted molar refractivity (Wildman–Crippen MR) is 99.6 cm³/mol. The van der Waals surface area contributed by atoms with Gasteiger partial charge in [0.1, 0.15) is 6.10 Å². The molecule has 0 radical (unpaired) electrons. The van der Waals surface area contributed by atoms with E-state index in [4.69, 9.17) is 4.74 Å². The second kappa shape index (κ2) is 6.52. The maximum Gasteiger partial charge on any atom is 0.228 e. The molecule has 3 aromatic rings. The van der Waals surface area contributed by atoms with Gasteiger partial charge in [0.15, 0.2) is 0 Å². The predicted octanol–water partition coefficient (Wildman–Crippen LogP) is 3.17. The second-order valence-electron chi connectivity index (χ2n) is 6.29. The topological polar surface area (TPSA) is 47.4 Å². The first-order chi connectivity index (χ1) is 12.1. The first-order valence-electron chi connectivity index (χ1n) is 8.19. The third-order valence-corrected chi connectivity index (χ3v) is 5.13. The zero-order valence-corrected chi connectivity index (χ0v) is 15.4. The van der Waals surface area contributed by atoms with Gasteiger partial charge in [-0.3, -0.25) is 4.79 Å². The van der Waals surface area contributed by atoms with Gasteiger partial charge in [0.2, 0.25) is 11.8 Å². The van der Waals surface area contributed by atoms with Crippen molar-refractivity contribution in [1.29, 1.82) is 0 Å². The smallest absolute Gasteiger partial charge is 0.228 e. The van der Waals surface area contributed by atoms with Crippen LogP contribution in [0.1, 0.15) is 5.56 Å². The van der Waals surface area contributed by atoms with Crippen LogP contribution in [0.15, 0.2) is 53.3 Å². The van der Waals surface area contributed by atoms with Gasteiger partial charge in [-0.1, -0.05) is 18.2 Å². The molecule has 2 aromatic heterocycles. The Hall–Kier alpha value is -2.34. The van der Waals surface area contributed by atoms with E-state index in [1.807, 2.05) is 42.4 Å². The van der Waals surface area contributed by atoms with Gasteiger partial charge in [-0.05, 0) is 39.7 Å². The molecule has 25 heavy (non-hydrogen) atoms. The zero-order chi connectivity index (χ0) is 17.4. The Morgan fingerprint density at radius 1 is 1.28 bits per heavy atom. The molecule has 128 valence electrons. The lowest BCUT2D eigenvalue weighted by Crippen LogP contribution is -2.56. The number of aryl methyl sites for hydroxylation is 1. The Kier molecular flexibility index (Phi) is 4.21. The molecule has 0 bridgehead atoms. The summed E-state index contributed by atoms with van der Waals surface area (Å²) in [7, 11) is 2.01. The van der Waals surface area contributed by atoms with Gasteiger partial charge in [-0.25, -0.2) is 4.98 Å². The number of hydrogen-bond acceptors (Lipinski definition) is 3. The van der Waals surface area contributed by atoms with Crippen molar-refractivity contribution in [2.75, 3.05) is 13.1 Å². The molecule has 1 saturated heterocycles. The minimum absolute atomic E-state index is 0.00247. The van der Waals surface area contributed by atoms with E-state index >= 15 is 0 Å². The molecule has 0 unspecified atom stereocenters. The molecular weight excluding hydrogens is 382 g/mol. The van der Waals surface area contributed by atoms with Crippen LogP contribution in [0.5, 0.6) is 5.88 Å². The molecule has 6 heteroatoms. The van der Waals surface area contributed by atoms with E-state index in [-0.39, 0.29) is 12.0 Å². The van der Waals surface area contributed by atoms with Crippen LogP contribution in [-0.2, 0) is 18.3 Å². The molecule has 0 atom stereocenters. The molecule has 3 heterocycles. The highest BCUT2D eigenvalue weighted by molar-refractivity contribution is 9.10. The number of halogens is 1. The van der Waals surface area contributed by atoms with Crippen LogP contribution in [0.4, 0.5) is 0 Å². The van der Waals surface area contributed by atoms with Gasteiger partial charge in [-0.2, -0.15) is 0 Å². The first kappa shape index (κ1) is 16.1. The van der Waals surface area contributed by atoms with Crippen LogP contribution < -0.4 is 4.74 Å². The molecule has 0 spiro atoms. The third-order valence-electron chi connectivity index (χ3n) is 4.52. The number of rotatable bonds is 4. The number of carbonyl (C=O) groups is 1. The van der Waals surface area contributed by atoms with Crippen molar-refractivity contribution < 1.29 is 9.53 Å². The summed E-state index contributed by atoms with van der Waals surface area (Å²) in [4.78, 5) is 18.6. The van der Waals surface area contributed by atoms with Crippen molar-refractivity contribution in [3.8, 4) is 5.88 Å². The van der Waals surface area contributed by atoms with Crippen LogP contribution in [0.2, 0.25) is 0 Å². The summed E-state index contributed by atoms with van der Waals surface area (Å²) in [5.41, 5.74) is 2.22. The molecule has 0 N–H and O–H groups in total. The van der Waals surface area contributed by atoms with Crippen molar-refractivity contribution in [2.24, 2.45) is 7.05 Å². The Bertz CT molecular complexity index is 931. The molecule has 1 aromatic carbocycles. The lowest BCUT2D eigenvalue weighted by Gasteiger charge is -2.38. The molecule has 4 rings (SSSR count). The molecule has 1 aliphatic rings. The number of fused-ring (bicyclic) bond motifs is 1. The maximum atomic E-state index is 12.5. The molecule has 1 aliphatic heterocycles. The van der Waals surface area contributed by atoms with E-state index in [1.165, 1.54) is 0 Å². The van der Waals surface area contributed by atoms with E-state index in [9.17, 15) is 4.79 Å². The quantitative estimate of drug-likeness (QED) is 0.676. The molecule has 5 nitrogen and oxygen atoms in total. The Morgan fingerprint density at radius 3 is 2.88 bits per heavy atom. The maximum absolute atomic E-state index is 12.5. The van der Waals surface area contributed by atoms with E-state index in [1.54, 1.807) is 6.20 Å². The fourth-order valence-corrected chi connectivity index (χ4v) is 3.52. The molecule has 1 amide bonds. The minimum Gasteiger partial charge on any atom is -0.470 e. The van der Waals surface area contributed by atoms with Crippen LogP contribution in [-0.4, -0.2) is 39.6 Å². The Labute approximate surface area is 154 Å². The number of likely N-dealkylation sites (tertiary alicyclic amines) is 1. The molecular formula is C19H18BrN3O2. The minimum atomic E-state index is 0.00247. The fraction of sp³-hybridized carbons (Fsp3) is 0.263. The summed E-state index contributed by atoms with van der Waals surface area (Å²) in [6.45, 7) is 1.21. The van der Waals surface area contributed by atoms with Crippen molar-refractivity contribution in [3.05, 3.63) is 58.8 Å². The Balaban J connectivity index is 1.38. The number of aromatic nitrogens is 2. The van der Waals surface area contributed by atoms with Crippen LogP contribution in [0.25, 0.3) is 10.9 Å². The number of benzene rings is 1. The highest BCUT2D eigenvalue weighted by atomic mass is 79.9. The summed E-state index contributed by atoms with van der Waals surface area (Å²) in [6, 6.07) is 11.9. The molecule has 0 aliphatic carbocycles. The van der Waals surface area contributed by atoms with E-state index < -0.39 is 0 Å². The van der Waals surface area contributed by atoms with Gasteiger partial charge in [0, 0.05) is 30.3 Å². The standard InChI is InChI=1S/C19H18BrN3O2/c1-22-10-13(15-5-2-3-7-17(15)22)9-18(24)23-11-14(12-23)25-19-16(20)6-4-8-21-19/h2-8,10,14H,9,11-12H2,1H3. The summed E-state index contributed by atoms with van der Waals surface area (Å²) >= 11 is 3.42. The van der Waals surface area contributed by atoms with Crippen molar-refractivity contribution in [3.63, 3.8) is 0 Å². The largest absolute Gasteiger partial charge is 0.470 e. The highest BCUT2D eigenvalue weighted by Crippen LogP contribution is 2.26. The van der Waals surface area contributed by atoms with Gasteiger partial charge in [0.25, 0.3) is 0 Å². The van der Waals surface area contributed by atoms with Crippen molar-refractivity contribution in [2.45, 2.75) is 12.5 Å². The van der Waals surface area contributed by atoms with Crippen molar-refractivity contribution >= 4 is 32.7 Å². The summed E-state index contributed by atoms with van der Waals surface area (Å²) in [5, 5.41) is 1.14. The number of carbonyl (C=O) groups excluding carboxylic acids is 1. The number of nitrogens with zero attached hydrogens (tertiary/aromatic N) is 3. The lowest BCUT2D eigenvalue weighted by molar-refractivity contribution is -0.139. The van der Waals surface area contributed by atoms with Crippen molar-refractivity contribution in [1.82, 2.24) is 14.5 Å². The fourth-order valence-electron chi connectivity index (χ4n) is 3.17. The number of amides is 1. The lowest BCUT2D eigenvalue weighted by atomic mass is 10.1.